The van der Waals surface area contributed by atoms with Crippen LogP contribution >= 0.6 is 15.9 Å². The van der Waals surface area contributed by atoms with Crippen molar-refractivity contribution in [2.24, 2.45) is 5.73 Å². The van der Waals surface area contributed by atoms with Gasteiger partial charge in [-0.1, -0.05) is 6.92 Å². The van der Waals surface area contributed by atoms with Gasteiger partial charge in [-0.3, -0.25) is 4.90 Å². The largest absolute Gasteiger partial charge is 0.338 e. The van der Waals surface area contributed by atoms with Crippen molar-refractivity contribution in [1.82, 2.24) is 14.9 Å². The number of nitrogens with zero attached hydrogens (tertiary/aromatic N) is 4. The van der Waals surface area contributed by atoms with Crippen molar-refractivity contribution in [2.75, 3.05) is 37.6 Å². The van der Waals surface area contributed by atoms with Gasteiger partial charge in [-0.05, 0) is 22.4 Å². The molecule has 100 valence electrons. The second-order valence-corrected chi connectivity index (χ2v) is 5.44. The molecular formula is C12H20BrN5. The standard InChI is InChI=1S/C12H20BrN5/c1-2-11(7-14)17-3-5-18(6-4-17)12-15-8-10(13)9-16-12/h8-9,11H,2-7,14H2,1H3. The van der Waals surface area contributed by atoms with Gasteiger partial charge in [0.25, 0.3) is 0 Å². The Hall–Kier alpha value is -0.720. The van der Waals surface area contributed by atoms with Crippen LogP contribution in [0.5, 0.6) is 0 Å². The third kappa shape index (κ3) is 3.18. The van der Waals surface area contributed by atoms with Crippen LogP contribution in [0.15, 0.2) is 16.9 Å². The molecule has 0 amide bonds. The van der Waals surface area contributed by atoms with Gasteiger partial charge in [0.2, 0.25) is 5.95 Å². The molecule has 1 fully saturated rings. The maximum atomic E-state index is 5.79. The van der Waals surface area contributed by atoms with Gasteiger partial charge in [-0.2, -0.15) is 0 Å². The molecule has 0 saturated carbocycles. The summed E-state index contributed by atoms with van der Waals surface area (Å²) < 4.78 is 0.916. The summed E-state index contributed by atoms with van der Waals surface area (Å²) in [6.45, 7) is 6.95. The molecule has 6 heteroatoms. The van der Waals surface area contributed by atoms with Crippen molar-refractivity contribution in [2.45, 2.75) is 19.4 Å². The zero-order chi connectivity index (χ0) is 13.0. The molecule has 5 nitrogen and oxygen atoms in total. The summed E-state index contributed by atoms with van der Waals surface area (Å²) in [7, 11) is 0. The summed E-state index contributed by atoms with van der Waals surface area (Å²) in [4.78, 5) is 13.4. The van der Waals surface area contributed by atoms with E-state index >= 15 is 0 Å². The van der Waals surface area contributed by atoms with E-state index in [1.54, 1.807) is 12.4 Å². The van der Waals surface area contributed by atoms with Crippen LogP contribution in [-0.4, -0.2) is 53.6 Å². The van der Waals surface area contributed by atoms with Gasteiger partial charge in [0.05, 0.1) is 4.47 Å². The van der Waals surface area contributed by atoms with Gasteiger partial charge in [-0.15, -0.1) is 0 Å². The highest BCUT2D eigenvalue weighted by atomic mass is 79.9. The van der Waals surface area contributed by atoms with E-state index in [0.717, 1.165) is 49.6 Å². The van der Waals surface area contributed by atoms with E-state index < -0.39 is 0 Å². The van der Waals surface area contributed by atoms with Gasteiger partial charge in [0.15, 0.2) is 0 Å². The first-order chi connectivity index (χ1) is 8.74. The first-order valence-corrected chi connectivity index (χ1v) is 7.20. The Kier molecular flexibility index (Phi) is 4.91. The Morgan fingerprint density at radius 3 is 2.39 bits per heavy atom. The minimum absolute atomic E-state index is 0.512. The van der Waals surface area contributed by atoms with Crippen LogP contribution in [0.3, 0.4) is 0 Å². The van der Waals surface area contributed by atoms with Crippen molar-refractivity contribution >= 4 is 21.9 Å². The molecule has 1 aromatic rings. The summed E-state index contributed by atoms with van der Waals surface area (Å²) in [5.74, 6) is 0.818. The highest BCUT2D eigenvalue weighted by molar-refractivity contribution is 9.10. The molecule has 1 atom stereocenters. The molecule has 18 heavy (non-hydrogen) atoms. The SMILES string of the molecule is CCC(CN)N1CCN(c2ncc(Br)cn2)CC1. The van der Waals surface area contributed by atoms with E-state index in [1.807, 2.05) is 0 Å². The molecule has 1 aliphatic heterocycles. The molecule has 0 aliphatic carbocycles. The predicted molar refractivity (Wildman–Crippen MR) is 76.7 cm³/mol. The molecule has 1 aliphatic rings. The van der Waals surface area contributed by atoms with Crippen molar-refractivity contribution < 1.29 is 0 Å². The Morgan fingerprint density at radius 2 is 1.89 bits per heavy atom. The summed E-state index contributed by atoms with van der Waals surface area (Å²) in [5.41, 5.74) is 5.79. The maximum absolute atomic E-state index is 5.79. The Labute approximate surface area is 117 Å². The number of hydrogen-bond donors (Lipinski definition) is 1. The molecular weight excluding hydrogens is 294 g/mol. The lowest BCUT2D eigenvalue weighted by Crippen LogP contribution is -2.52. The van der Waals surface area contributed by atoms with E-state index in [0.29, 0.717) is 6.04 Å². The second kappa shape index (κ2) is 6.45. The molecule has 1 aromatic heterocycles. The van der Waals surface area contributed by atoms with Crippen LogP contribution in [0.2, 0.25) is 0 Å². The highest BCUT2D eigenvalue weighted by Gasteiger charge is 2.22. The average Bonchev–Trinajstić information content (AvgIpc) is 2.42. The molecule has 2 rings (SSSR count). The van der Waals surface area contributed by atoms with Crippen molar-refractivity contribution in [3.05, 3.63) is 16.9 Å². The number of rotatable bonds is 4. The zero-order valence-electron chi connectivity index (χ0n) is 10.7. The van der Waals surface area contributed by atoms with Crippen LogP contribution in [0.4, 0.5) is 5.95 Å². The normalized spacial score (nSPS) is 18.9. The summed E-state index contributed by atoms with van der Waals surface area (Å²) in [5, 5.41) is 0. The topological polar surface area (TPSA) is 58.3 Å². The van der Waals surface area contributed by atoms with Crippen LogP contribution in [0.1, 0.15) is 13.3 Å². The number of halogens is 1. The van der Waals surface area contributed by atoms with Gasteiger partial charge in [-0.25, -0.2) is 9.97 Å². The van der Waals surface area contributed by atoms with E-state index in [2.05, 4.69) is 42.6 Å². The van der Waals surface area contributed by atoms with Crippen molar-refractivity contribution in [1.29, 1.82) is 0 Å². The maximum Gasteiger partial charge on any atom is 0.225 e. The fourth-order valence-electron chi connectivity index (χ4n) is 2.33. The van der Waals surface area contributed by atoms with Crippen molar-refractivity contribution in [3.8, 4) is 0 Å². The number of anilines is 1. The van der Waals surface area contributed by atoms with Gasteiger partial charge in [0.1, 0.15) is 0 Å². The van der Waals surface area contributed by atoms with Gasteiger partial charge in [0, 0.05) is 51.2 Å². The monoisotopic (exact) mass is 313 g/mol. The van der Waals surface area contributed by atoms with Gasteiger partial charge < -0.3 is 10.6 Å². The Balaban J connectivity index is 1.92. The molecule has 1 unspecified atom stereocenters. The lowest BCUT2D eigenvalue weighted by atomic mass is 10.1. The first-order valence-electron chi connectivity index (χ1n) is 6.41. The summed E-state index contributed by atoms with van der Waals surface area (Å²) >= 11 is 3.35. The number of nitrogens with two attached hydrogens (primary N) is 1. The lowest BCUT2D eigenvalue weighted by Gasteiger charge is -2.38. The van der Waals surface area contributed by atoms with Crippen LogP contribution in [0, 0.1) is 0 Å². The first kappa shape index (κ1) is 13.7. The quantitative estimate of drug-likeness (QED) is 0.902. The molecule has 1 saturated heterocycles. The number of hydrogen-bond acceptors (Lipinski definition) is 5. The zero-order valence-corrected chi connectivity index (χ0v) is 12.3. The highest BCUT2D eigenvalue weighted by Crippen LogP contribution is 2.14. The molecule has 2 heterocycles. The molecule has 0 bridgehead atoms. The van der Waals surface area contributed by atoms with Gasteiger partial charge >= 0.3 is 0 Å². The van der Waals surface area contributed by atoms with Crippen LogP contribution in [0.25, 0.3) is 0 Å². The molecule has 0 spiro atoms. The fraction of sp³-hybridized carbons (Fsp3) is 0.667. The van der Waals surface area contributed by atoms with E-state index in [-0.39, 0.29) is 0 Å². The minimum atomic E-state index is 0.512. The van der Waals surface area contributed by atoms with Crippen molar-refractivity contribution in [3.63, 3.8) is 0 Å². The number of aromatic nitrogens is 2. The smallest absolute Gasteiger partial charge is 0.225 e. The molecule has 0 aromatic carbocycles. The predicted octanol–water partition coefficient (Wildman–Crippen LogP) is 1.10. The summed E-state index contributed by atoms with van der Waals surface area (Å²) in [6, 6.07) is 0.512. The third-order valence-electron chi connectivity index (χ3n) is 3.46. The lowest BCUT2D eigenvalue weighted by molar-refractivity contribution is 0.184. The molecule has 0 radical (unpaired) electrons. The Bertz CT molecular complexity index is 357. The van der Waals surface area contributed by atoms with Crippen LogP contribution in [-0.2, 0) is 0 Å². The fourth-order valence-corrected chi connectivity index (χ4v) is 2.53. The van der Waals surface area contributed by atoms with E-state index in [4.69, 9.17) is 5.73 Å². The van der Waals surface area contributed by atoms with E-state index in [1.165, 1.54) is 0 Å². The van der Waals surface area contributed by atoms with Crippen LogP contribution < -0.4 is 10.6 Å². The second-order valence-electron chi connectivity index (χ2n) is 4.52. The Morgan fingerprint density at radius 1 is 1.28 bits per heavy atom. The third-order valence-corrected chi connectivity index (χ3v) is 3.87. The summed E-state index contributed by atoms with van der Waals surface area (Å²) in [6.07, 6.45) is 4.71. The minimum Gasteiger partial charge on any atom is -0.338 e. The molecule has 2 N–H and O–H groups in total. The average molecular weight is 314 g/mol. The number of piperazine rings is 1. The van der Waals surface area contributed by atoms with E-state index in [9.17, 15) is 0 Å².